The van der Waals surface area contributed by atoms with E-state index in [-0.39, 0.29) is 42.0 Å². The molecule has 39 heavy (non-hydrogen) atoms. The number of hydrogen-bond acceptors (Lipinski definition) is 7. The van der Waals surface area contributed by atoms with Gasteiger partial charge in [0, 0.05) is 37.3 Å². The molecule has 206 valence electrons. The van der Waals surface area contributed by atoms with Gasteiger partial charge in [0.1, 0.15) is 17.4 Å². The van der Waals surface area contributed by atoms with E-state index in [0.717, 1.165) is 16.7 Å². The maximum absolute atomic E-state index is 13.7. The number of aromatic carboxylic acids is 1. The summed E-state index contributed by atoms with van der Waals surface area (Å²) in [6.45, 7) is 5.26. The molecule has 0 saturated carbocycles. The highest BCUT2D eigenvalue weighted by molar-refractivity contribution is 5.98. The number of fused-ring (bicyclic) bond motifs is 1. The zero-order chi connectivity index (χ0) is 28.1. The van der Waals surface area contributed by atoms with Crippen LogP contribution in [0.1, 0.15) is 40.1 Å². The normalized spacial score (nSPS) is 18.1. The first-order valence-electron chi connectivity index (χ1n) is 12.9. The number of carboxylic acid groups (broad SMARTS) is 1. The summed E-state index contributed by atoms with van der Waals surface area (Å²) in [4.78, 5) is 33.2. The number of carbonyl (C=O) groups is 2. The van der Waals surface area contributed by atoms with E-state index in [4.69, 9.17) is 14.6 Å². The number of nitrogens with zero attached hydrogens (tertiary/aromatic N) is 3. The smallest absolute Gasteiger partial charge is 0.335 e. The number of likely N-dealkylation sites (N-methyl/N-ethyl adjacent to an activating group) is 1. The van der Waals surface area contributed by atoms with Gasteiger partial charge < -0.3 is 24.6 Å². The van der Waals surface area contributed by atoms with E-state index in [0.29, 0.717) is 30.9 Å². The third-order valence-corrected chi connectivity index (χ3v) is 7.07. The van der Waals surface area contributed by atoms with Gasteiger partial charge in [-0.15, -0.1) is 0 Å². The summed E-state index contributed by atoms with van der Waals surface area (Å²) >= 11 is 0. The molecule has 0 fully saturated rings. The molecule has 0 spiro atoms. The van der Waals surface area contributed by atoms with Crippen molar-refractivity contribution < 1.29 is 29.3 Å². The molecule has 1 amide bonds. The fraction of sp³-hybridized carbons (Fsp3) is 0.367. The number of methoxy groups -OCH3 is 1. The number of aromatic nitrogens is 1. The predicted octanol–water partition coefficient (Wildman–Crippen LogP) is 3.81. The van der Waals surface area contributed by atoms with Gasteiger partial charge in [-0.05, 0) is 55.4 Å². The lowest BCUT2D eigenvalue weighted by atomic mass is 9.99. The maximum atomic E-state index is 13.7. The minimum atomic E-state index is -0.955. The van der Waals surface area contributed by atoms with Crippen LogP contribution in [0.4, 0.5) is 0 Å². The lowest BCUT2D eigenvalue weighted by Gasteiger charge is -2.37. The summed E-state index contributed by atoms with van der Waals surface area (Å²) in [7, 11) is 3.58. The lowest BCUT2D eigenvalue weighted by Crippen LogP contribution is -2.49. The summed E-state index contributed by atoms with van der Waals surface area (Å²) in [5.41, 5.74) is 3.19. The van der Waals surface area contributed by atoms with E-state index >= 15 is 0 Å². The summed E-state index contributed by atoms with van der Waals surface area (Å²) in [6, 6.07) is 15.8. The maximum Gasteiger partial charge on any atom is 0.335 e. The van der Waals surface area contributed by atoms with E-state index in [1.807, 2.05) is 57.3 Å². The second kappa shape index (κ2) is 12.3. The third-order valence-electron chi connectivity index (χ3n) is 7.07. The van der Waals surface area contributed by atoms with Crippen LogP contribution >= 0.6 is 0 Å². The van der Waals surface area contributed by atoms with Gasteiger partial charge in [-0.3, -0.25) is 9.69 Å². The van der Waals surface area contributed by atoms with E-state index in [1.165, 1.54) is 0 Å². The number of aliphatic hydroxyl groups is 1. The molecule has 0 bridgehead atoms. The number of pyridine rings is 1. The highest BCUT2D eigenvalue weighted by Crippen LogP contribution is 2.31. The van der Waals surface area contributed by atoms with Gasteiger partial charge in [0.2, 0.25) is 5.88 Å². The van der Waals surface area contributed by atoms with Crippen LogP contribution in [0.2, 0.25) is 0 Å². The highest BCUT2D eigenvalue weighted by atomic mass is 16.5. The molecule has 0 saturated heterocycles. The molecule has 2 N–H and O–H groups in total. The number of ether oxygens (including phenoxy) is 2. The molecular weight excluding hydrogens is 498 g/mol. The topological polar surface area (TPSA) is 112 Å². The van der Waals surface area contributed by atoms with Crippen molar-refractivity contribution in [3.63, 3.8) is 0 Å². The van der Waals surface area contributed by atoms with E-state index in [2.05, 4.69) is 9.88 Å². The molecule has 2 heterocycles. The fourth-order valence-electron chi connectivity index (χ4n) is 4.72. The summed E-state index contributed by atoms with van der Waals surface area (Å²) in [6.07, 6.45) is 1.40. The molecule has 0 unspecified atom stereocenters. The Morgan fingerprint density at radius 1 is 1.21 bits per heavy atom. The van der Waals surface area contributed by atoms with Crippen molar-refractivity contribution in [2.24, 2.45) is 5.92 Å². The van der Waals surface area contributed by atoms with Gasteiger partial charge in [-0.2, -0.15) is 0 Å². The second-order valence-corrected chi connectivity index (χ2v) is 10.1. The van der Waals surface area contributed by atoms with Crippen molar-refractivity contribution in [2.75, 3.05) is 33.9 Å². The second-order valence-electron chi connectivity index (χ2n) is 10.1. The molecule has 0 aliphatic carbocycles. The largest absolute Gasteiger partial charge is 0.497 e. The molecule has 4 rings (SSSR count). The standard InChI is InChI=1S/C30H35N3O6/c1-19-15-33(20(2)18-34)29(35)26-13-24(23-6-5-7-25(12-23)38-4)14-31-28(26)39-27(19)17-32(3)16-21-8-10-22(11-9-21)30(36)37/h5-14,19-20,27,34H,15-18H2,1-4H3,(H,36,37)/t19-,20-,27+/m1/s1. The highest BCUT2D eigenvalue weighted by Gasteiger charge is 2.34. The lowest BCUT2D eigenvalue weighted by molar-refractivity contribution is 0.0325. The Bertz CT molecular complexity index is 1310. The zero-order valence-corrected chi connectivity index (χ0v) is 22.7. The van der Waals surface area contributed by atoms with Crippen LogP contribution in [0.5, 0.6) is 11.6 Å². The molecule has 1 aromatic heterocycles. The minimum Gasteiger partial charge on any atom is -0.497 e. The summed E-state index contributed by atoms with van der Waals surface area (Å²) in [5, 5.41) is 19.1. The number of carbonyl (C=O) groups excluding carboxylic acids is 1. The molecule has 1 aliphatic rings. The SMILES string of the molecule is COc1cccc(-c2cnc3c(c2)C(=O)N([C@H](C)CO)C[C@@H](C)[C@H](CN(C)Cc2ccc(C(=O)O)cc2)O3)c1. The van der Waals surface area contributed by atoms with Crippen molar-refractivity contribution in [3.05, 3.63) is 77.5 Å². The Balaban J connectivity index is 1.62. The van der Waals surface area contributed by atoms with Gasteiger partial charge in [-0.1, -0.05) is 31.2 Å². The molecule has 0 radical (unpaired) electrons. The predicted molar refractivity (Wildman–Crippen MR) is 147 cm³/mol. The molecule has 3 atom stereocenters. The van der Waals surface area contributed by atoms with Crippen LogP contribution in [-0.4, -0.2) is 82.9 Å². The van der Waals surface area contributed by atoms with Crippen molar-refractivity contribution in [3.8, 4) is 22.8 Å². The van der Waals surface area contributed by atoms with Crippen molar-refractivity contribution >= 4 is 11.9 Å². The number of benzene rings is 2. The number of aliphatic hydroxyl groups excluding tert-OH is 1. The number of rotatable bonds is 9. The Labute approximate surface area is 228 Å². The third kappa shape index (κ3) is 6.55. The quantitative estimate of drug-likeness (QED) is 0.427. The first-order valence-corrected chi connectivity index (χ1v) is 12.9. The monoisotopic (exact) mass is 533 g/mol. The summed E-state index contributed by atoms with van der Waals surface area (Å²) in [5.74, 6) is -0.276. The Hall–Kier alpha value is -3.95. The number of carboxylic acids is 1. The van der Waals surface area contributed by atoms with Crippen molar-refractivity contribution in [2.45, 2.75) is 32.5 Å². The minimum absolute atomic E-state index is 0.0483. The average molecular weight is 534 g/mol. The van der Waals surface area contributed by atoms with Gasteiger partial charge in [-0.25, -0.2) is 9.78 Å². The molecule has 9 heteroatoms. The number of hydrogen-bond donors (Lipinski definition) is 2. The Kier molecular flexibility index (Phi) is 8.83. The first kappa shape index (κ1) is 28.1. The van der Waals surface area contributed by atoms with Crippen LogP contribution in [0, 0.1) is 5.92 Å². The zero-order valence-electron chi connectivity index (χ0n) is 22.7. The van der Waals surface area contributed by atoms with E-state index < -0.39 is 5.97 Å². The number of amides is 1. The average Bonchev–Trinajstić information content (AvgIpc) is 2.94. The van der Waals surface area contributed by atoms with Gasteiger partial charge in [0.15, 0.2) is 0 Å². The van der Waals surface area contributed by atoms with Crippen LogP contribution in [0.15, 0.2) is 60.8 Å². The molecule has 2 aromatic carbocycles. The molecule has 9 nitrogen and oxygen atoms in total. The van der Waals surface area contributed by atoms with Crippen LogP contribution < -0.4 is 9.47 Å². The van der Waals surface area contributed by atoms with Crippen molar-refractivity contribution in [1.82, 2.24) is 14.8 Å². The van der Waals surface area contributed by atoms with Gasteiger partial charge >= 0.3 is 5.97 Å². The van der Waals surface area contributed by atoms with Crippen LogP contribution in [0.25, 0.3) is 11.1 Å². The molecule has 3 aromatic rings. The molecule has 1 aliphatic heterocycles. The Morgan fingerprint density at radius 3 is 2.62 bits per heavy atom. The van der Waals surface area contributed by atoms with Crippen LogP contribution in [-0.2, 0) is 6.54 Å². The van der Waals surface area contributed by atoms with E-state index in [9.17, 15) is 14.7 Å². The Morgan fingerprint density at radius 2 is 1.95 bits per heavy atom. The summed E-state index contributed by atoms with van der Waals surface area (Å²) < 4.78 is 11.8. The van der Waals surface area contributed by atoms with E-state index in [1.54, 1.807) is 36.4 Å². The van der Waals surface area contributed by atoms with Gasteiger partial charge in [0.25, 0.3) is 5.91 Å². The van der Waals surface area contributed by atoms with Gasteiger partial charge in [0.05, 0.1) is 25.3 Å². The molecular formula is C30H35N3O6. The first-order chi connectivity index (χ1) is 18.7. The fourth-order valence-corrected chi connectivity index (χ4v) is 4.72. The van der Waals surface area contributed by atoms with Crippen LogP contribution in [0.3, 0.4) is 0 Å². The van der Waals surface area contributed by atoms with Crippen molar-refractivity contribution in [1.29, 1.82) is 0 Å².